The smallest absolute Gasteiger partial charge is 0.242 e. The number of hydrogen-bond acceptors (Lipinski definition) is 1. The fourth-order valence-corrected chi connectivity index (χ4v) is 1.03. The monoisotopic (exact) mass is 134 g/mol. The van der Waals surface area contributed by atoms with Crippen molar-refractivity contribution >= 4 is 11.0 Å². The third-order valence-corrected chi connectivity index (χ3v) is 1.59. The van der Waals surface area contributed by atoms with Crippen LogP contribution in [0.25, 0.3) is 11.0 Å². The molecule has 2 rings (SSSR count). The molecule has 0 aromatic carbocycles. The van der Waals surface area contributed by atoms with Crippen LogP contribution in [0.1, 0.15) is 0 Å². The van der Waals surface area contributed by atoms with Crippen molar-refractivity contribution in [2.24, 2.45) is 7.05 Å². The average molecular weight is 134 g/mol. The maximum Gasteiger partial charge on any atom is 0.242 e. The van der Waals surface area contributed by atoms with E-state index < -0.39 is 0 Å². The van der Waals surface area contributed by atoms with E-state index in [2.05, 4.69) is 9.97 Å². The van der Waals surface area contributed by atoms with E-state index in [-0.39, 0.29) is 0 Å². The van der Waals surface area contributed by atoms with Crippen LogP contribution in [0.5, 0.6) is 0 Å². The van der Waals surface area contributed by atoms with Crippen LogP contribution in [0.2, 0.25) is 0 Å². The molecule has 3 nitrogen and oxygen atoms in total. The van der Waals surface area contributed by atoms with Crippen molar-refractivity contribution < 1.29 is 4.57 Å². The summed E-state index contributed by atoms with van der Waals surface area (Å²) in [6.45, 7) is 0. The third-order valence-electron chi connectivity index (χ3n) is 1.59. The normalized spacial score (nSPS) is 10.5. The third kappa shape index (κ3) is 0.603. The summed E-state index contributed by atoms with van der Waals surface area (Å²) >= 11 is 0. The second-order valence-corrected chi connectivity index (χ2v) is 2.28. The summed E-state index contributed by atoms with van der Waals surface area (Å²) in [7, 11) is 1.99. The number of nitrogens with zero attached hydrogens (tertiary/aromatic N) is 2. The van der Waals surface area contributed by atoms with E-state index >= 15 is 0 Å². The number of pyridine rings is 1. The van der Waals surface area contributed by atoms with Crippen molar-refractivity contribution in [3.8, 4) is 0 Å². The molecule has 0 aliphatic heterocycles. The lowest BCUT2D eigenvalue weighted by molar-refractivity contribution is -0.644. The summed E-state index contributed by atoms with van der Waals surface area (Å²) in [4.78, 5) is 7.12. The fourth-order valence-electron chi connectivity index (χ4n) is 1.03. The largest absolute Gasteiger partial charge is 0.260 e. The molecular formula is C7H8N3+. The van der Waals surface area contributed by atoms with Gasteiger partial charge in [0, 0.05) is 12.3 Å². The highest BCUT2D eigenvalue weighted by atomic mass is 15.0. The van der Waals surface area contributed by atoms with Gasteiger partial charge in [-0.05, 0) is 0 Å². The number of H-pyrrole nitrogens is 1. The molecule has 0 amide bonds. The fraction of sp³-hybridized carbons (Fsp3) is 0.143. The number of aryl methyl sites for hydroxylation is 1. The lowest BCUT2D eigenvalue weighted by Gasteiger charge is -1.82. The highest BCUT2D eigenvalue weighted by molar-refractivity contribution is 5.68. The first-order chi connectivity index (χ1) is 4.88. The molecule has 0 unspecified atom stereocenters. The van der Waals surface area contributed by atoms with Gasteiger partial charge in [-0.3, -0.25) is 4.98 Å². The number of nitrogens with one attached hydrogen (secondary N) is 1. The molecular weight excluding hydrogens is 126 g/mol. The SMILES string of the molecule is C[n+]1c[nH]c2ccncc21. The Morgan fingerprint density at radius 1 is 1.60 bits per heavy atom. The molecule has 1 N–H and O–H groups in total. The molecule has 0 radical (unpaired) electrons. The number of rotatable bonds is 0. The highest BCUT2D eigenvalue weighted by Crippen LogP contribution is 2.01. The quantitative estimate of drug-likeness (QED) is 0.519. The van der Waals surface area contributed by atoms with Crippen LogP contribution < -0.4 is 4.57 Å². The summed E-state index contributed by atoms with van der Waals surface area (Å²) in [6.07, 6.45) is 5.52. The molecule has 0 aliphatic rings. The van der Waals surface area contributed by atoms with E-state index in [4.69, 9.17) is 0 Å². The zero-order valence-electron chi connectivity index (χ0n) is 5.70. The number of aromatic nitrogens is 3. The van der Waals surface area contributed by atoms with Crippen molar-refractivity contribution in [3.05, 3.63) is 24.8 Å². The standard InChI is InChI=1S/C7H7N3/c1-10-5-9-6-2-3-8-4-7(6)10/h2-5H,1H3/p+1. The molecule has 0 aliphatic carbocycles. The van der Waals surface area contributed by atoms with Crippen molar-refractivity contribution in [2.45, 2.75) is 0 Å². The Hall–Kier alpha value is -1.38. The van der Waals surface area contributed by atoms with Crippen LogP contribution in [0.15, 0.2) is 24.8 Å². The van der Waals surface area contributed by atoms with Crippen molar-refractivity contribution in [1.82, 2.24) is 9.97 Å². The van der Waals surface area contributed by atoms with Crippen LogP contribution in [0, 0.1) is 0 Å². The molecule has 0 saturated carbocycles. The minimum Gasteiger partial charge on any atom is -0.260 e. The van der Waals surface area contributed by atoms with Crippen LogP contribution in [-0.2, 0) is 7.05 Å². The predicted octanol–water partition coefficient (Wildman–Crippen LogP) is 0.387. The van der Waals surface area contributed by atoms with Crippen LogP contribution >= 0.6 is 0 Å². The summed E-state index contributed by atoms with van der Waals surface area (Å²) < 4.78 is 2.00. The van der Waals surface area contributed by atoms with Gasteiger partial charge in [-0.2, -0.15) is 0 Å². The molecule has 0 spiro atoms. The number of fused-ring (bicyclic) bond motifs is 1. The molecule has 10 heavy (non-hydrogen) atoms. The van der Waals surface area contributed by atoms with E-state index in [0.717, 1.165) is 11.0 Å². The van der Waals surface area contributed by atoms with Crippen LogP contribution in [0.3, 0.4) is 0 Å². The molecule has 2 heterocycles. The van der Waals surface area contributed by atoms with Crippen LogP contribution in [0.4, 0.5) is 0 Å². The Kier molecular flexibility index (Phi) is 0.974. The van der Waals surface area contributed by atoms with Gasteiger partial charge in [-0.25, -0.2) is 9.55 Å². The van der Waals surface area contributed by atoms with Gasteiger partial charge in [0.15, 0.2) is 11.0 Å². The Morgan fingerprint density at radius 3 is 3.30 bits per heavy atom. The summed E-state index contributed by atoms with van der Waals surface area (Å²) in [6, 6.07) is 1.95. The lowest BCUT2D eigenvalue weighted by Crippen LogP contribution is -2.24. The molecule has 0 atom stereocenters. The Labute approximate surface area is 58.3 Å². The van der Waals surface area contributed by atoms with E-state index in [9.17, 15) is 0 Å². The first kappa shape index (κ1) is 5.41. The maximum absolute atomic E-state index is 4.01. The zero-order valence-corrected chi connectivity index (χ0v) is 5.70. The molecule has 0 bridgehead atoms. The van der Waals surface area contributed by atoms with Gasteiger partial charge in [0.1, 0.15) is 0 Å². The minimum absolute atomic E-state index is 1.12. The topological polar surface area (TPSA) is 32.6 Å². The number of imidazole rings is 1. The molecule has 50 valence electrons. The first-order valence-electron chi connectivity index (χ1n) is 3.14. The first-order valence-corrected chi connectivity index (χ1v) is 3.14. The van der Waals surface area contributed by atoms with Gasteiger partial charge >= 0.3 is 0 Å². The van der Waals surface area contributed by atoms with Gasteiger partial charge in [0.2, 0.25) is 6.33 Å². The Morgan fingerprint density at radius 2 is 2.50 bits per heavy atom. The second-order valence-electron chi connectivity index (χ2n) is 2.28. The zero-order chi connectivity index (χ0) is 6.97. The van der Waals surface area contributed by atoms with Crippen LogP contribution in [-0.4, -0.2) is 9.97 Å². The summed E-state index contributed by atoms with van der Waals surface area (Å²) in [5, 5.41) is 0. The summed E-state index contributed by atoms with van der Waals surface area (Å²) in [5.41, 5.74) is 2.25. The van der Waals surface area contributed by atoms with E-state index in [1.807, 2.05) is 30.2 Å². The summed E-state index contributed by atoms with van der Waals surface area (Å²) in [5.74, 6) is 0. The molecule has 2 aromatic rings. The average Bonchev–Trinajstić information content (AvgIpc) is 2.34. The number of hydrogen-bond donors (Lipinski definition) is 1. The lowest BCUT2D eigenvalue weighted by atomic mass is 10.4. The highest BCUT2D eigenvalue weighted by Gasteiger charge is 2.02. The van der Waals surface area contributed by atoms with E-state index in [0.29, 0.717) is 0 Å². The van der Waals surface area contributed by atoms with E-state index in [1.54, 1.807) is 6.20 Å². The Balaban J connectivity index is 2.93. The van der Waals surface area contributed by atoms with Crippen molar-refractivity contribution in [2.75, 3.05) is 0 Å². The van der Waals surface area contributed by atoms with Crippen molar-refractivity contribution in [1.29, 1.82) is 0 Å². The Bertz CT molecular complexity index is 350. The second kappa shape index (κ2) is 1.80. The number of aromatic amines is 1. The van der Waals surface area contributed by atoms with Gasteiger partial charge < -0.3 is 0 Å². The van der Waals surface area contributed by atoms with E-state index in [1.165, 1.54) is 0 Å². The molecule has 2 aromatic heterocycles. The predicted molar refractivity (Wildman–Crippen MR) is 37.3 cm³/mol. The van der Waals surface area contributed by atoms with Gasteiger partial charge in [0.05, 0.1) is 13.2 Å². The van der Waals surface area contributed by atoms with Crippen molar-refractivity contribution in [3.63, 3.8) is 0 Å². The van der Waals surface area contributed by atoms with Gasteiger partial charge in [-0.15, -0.1) is 0 Å². The molecule has 0 fully saturated rings. The molecule has 3 heteroatoms. The van der Waals surface area contributed by atoms with Gasteiger partial charge in [-0.1, -0.05) is 0 Å². The van der Waals surface area contributed by atoms with Gasteiger partial charge in [0.25, 0.3) is 0 Å². The minimum atomic E-state index is 1.12. The molecule has 0 saturated heterocycles. The maximum atomic E-state index is 4.01.